The number of hydrogen-bond donors (Lipinski definition) is 1. The second kappa shape index (κ2) is 8.00. The van der Waals surface area contributed by atoms with Gasteiger partial charge in [-0.05, 0) is 31.2 Å². The molecule has 0 saturated carbocycles. The van der Waals surface area contributed by atoms with Gasteiger partial charge in [-0.1, -0.05) is 24.2 Å². The third kappa shape index (κ3) is 5.02. The molecule has 1 unspecified atom stereocenters. The second-order valence-electron chi connectivity index (χ2n) is 5.35. The molecule has 1 aromatic rings. The molecule has 1 aromatic carbocycles. The standard InChI is InChI=1S/C16H24N2O3/c1-3-18-8-9-20-16(11-18)12-21-15-6-4-14(5-7-15)10-13(2)17-19/h4-7,16,19H,3,8-12H2,1-2H3/b17-13+. The lowest BCUT2D eigenvalue weighted by molar-refractivity contribution is -0.0464. The van der Waals surface area contributed by atoms with E-state index in [1.54, 1.807) is 6.92 Å². The Kier molecular flexibility index (Phi) is 6.02. The van der Waals surface area contributed by atoms with Crippen LogP contribution in [-0.4, -0.2) is 54.8 Å². The lowest BCUT2D eigenvalue weighted by Crippen LogP contribution is -2.44. The zero-order chi connectivity index (χ0) is 15.1. The normalized spacial score (nSPS) is 20.5. The number of hydrogen-bond acceptors (Lipinski definition) is 5. The van der Waals surface area contributed by atoms with Gasteiger partial charge in [0.05, 0.1) is 12.3 Å². The first kappa shape index (κ1) is 15.8. The number of nitrogens with zero attached hydrogens (tertiary/aromatic N) is 2. The zero-order valence-corrected chi connectivity index (χ0v) is 12.8. The molecule has 116 valence electrons. The molecule has 1 N–H and O–H groups in total. The van der Waals surface area contributed by atoms with Crippen LogP contribution in [0.2, 0.25) is 0 Å². The number of benzene rings is 1. The highest BCUT2D eigenvalue weighted by Gasteiger charge is 2.19. The minimum atomic E-state index is 0.141. The molecule has 0 amide bonds. The third-order valence-electron chi connectivity index (χ3n) is 3.66. The summed E-state index contributed by atoms with van der Waals surface area (Å²) >= 11 is 0. The highest BCUT2D eigenvalue weighted by Crippen LogP contribution is 2.14. The van der Waals surface area contributed by atoms with Crippen LogP contribution >= 0.6 is 0 Å². The van der Waals surface area contributed by atoms with E-state index in [-0.39, 0.29) is 6.10 Å². The minimum absolute atomic E-state index is 0.141. The van der Waals surface area contributed by atoms with Gasteiger partial charge in [0.2, 0.25) is 0 Å². The first-order chi connectivity index (χ1) is 10.2. The van der Waals surface area contributed by atoms with Gasteiger partial charge < -0.3 is 14.7 Å². The van der Waals surface area contributed by atoms with Gasteiger partial charge in [-0.3, -0.25) is 4.90 Å². The predicted octanol–water partition coefficient (Wildman–Crippen LogP) is 2.18. The van der Waals surface area contributed by atoms with Gasteiger partial charge in [0.1, 0.15) is 18.5 Å². The summed E-state index contributed by atoms with van der Waals surface area (Å²) in [5.41, 5.74) is 1.79. The van der Waals surface area contributed by atoms with Crippen molar-refractivity contribution in [3.8, 4) is 5.75 Å². The molecular formula is C16H24N2O3. The maximum atomic E-state index is 8.67. The van der Waals surface area contributed by atoms with Gasteiger partial charge in [-0.25, -0.2) is 0 Å². The van der Waals surface area contributed by atoms with Crippen molar-refractivity contribution in [1.82, 2.24) is 4.90 Å². The maximum Gasteiger partial charge on any atom is 0.119 e. The van der Waals surface area contributed by atoms with E-state index in [0.717, 1.165) is 37.6 Å². The smallest absolute Gasteiger partial charge is 0.119 e. The SMILES string of the molecule is CCN1CCOC(COc2ccc(C/C(C)=N/O)cc2)C1. The van der Waals surface area contributed by atoms with Crippen molar-refractivity contribution in [3.63, 3.8) is 0 Å². The summed E-state index contributed by atoms with van der Waals surface area (Å²) in [6.07, 6.45) is 0.788. The molecule has 5 heteroatoms. The molecule has 0 aromatic heterocycles. The van der Waals surface area contributed by atoms with Gasteiger partial charge in [0.15, 0.2) is 0 Å². The molecule has 1 heterocycles. The molecule has 1 aliphatic heterocycles. The van der Waals surface area contributed by atoms with Crippen LogP contribution in [0.15, 0.2) is 29.4 Å². The van der Waals surface area contributed by atoms with Crippen molar-refractivity contribution < 1.29 is 14.7 Å². The van der Waals surface area contributed by atoms with E-state index in [9.17, 15) is 0 Å². The fraction of sp³-hybridized carbons (Fsp3) is 0.562. The second-order valence-corrected chi connectivity index (χ2v) is 5.35. The molecular weight excluding hydrogens is 268 g/mol. The van der Waals surface area contributed by atoms with Gasteiger partial charge in [0, 0.05) is 19.5 Å². The van der Waals surface area contributed by atoms with Crippen molar-refractivity contribution >= 4 is 5.71 Å². The summed E-state index contributed by atoms with van der Waals surface area (Å²) in [4.78, 5) is 2.37. The van der Waals surface area contributed by atoms with Gasteiger partial charge in [-0.15, -0.1) is 0 Å². The Morgan fingerprint density at radius 1 is 1.43 bits per heavy atom. The molecule has 0 spiro atoms. The zero-order valence-electron chi connectivity index (χ0n) is 12.8. The molecule has 1 aliphatic rings. The highest BCUT2D eigenvalue weighted by molar-refractivity contribution is 5.83. The first-order valence-corrected chi connectivity index (χ1v) is 7.44. The molecule has 1 atom stereocenters. The summed E-state index contributed by atoms with van der Waals surface area (Å²) in [5, 5.41) is 11.8. The topological polar surface area (TPSA) is 54.3 Å². The van der Waals surface area contributed by atoms with Crippen molar-refractivity contribution in [2.45, 2.75) is 26.4 Å². The summed E-state index contributed by atoms with van der Waals surface area (Å²) in [7, 11) is 0. The predicted molar refractivity (Wildman–Crippen MR) is 82.4 cm³/mol. The average molecular weight is 292 g/mol. The quantitative estimate of drug-likeness (QED) is 0.496. The van der Waals surface area contributed by atoms with E-state index in [2.05, 4.69) is 17.0 Å². The minimum Gasteiger partial charge on any atom is -0.491 e. The van der Waals surface area contributed by atoms with Crippen molar-refractivity contribution in [3.05, 3.63) is 29.8 Å². The maximum absolute atomic E-state index is 8.67. The van der Waals surface area contributed by atoms with Crippen LogP contribution in [0.4, 0.5) is 0 Å². The van der Waals surface area contributed by atoms with Crippen molar-refractivity contribution in [1.29, 1.82) is 0 Å². The van der Waals surface area contributed by atoms with Crippen LogP contribution in [0.5, 0.6) is 5.75 Å². The number of morpholine rings is 1. The van der Waals surface area contributed by atoms with E-state index in [1.807, 2.05) is 24.3 Å². The number of oxime groups is 1. The van der Waals surface area contributed by atoms with Crippen LogP contribution in [0.3, 0.4) is 0 Å². The van der Waals surface area contributed by atoms with E-state index >= 15 is 0 Å². The Morgan fingerprint density at radius 2 is 2.19 bits per heavy atom. The molecule has 2 rings (SSSR count). The summed E-state index contributed by atoms with van der Waals surface area (Å²) in [5.74, 6) is 0.842. The lowest BCUT2D eigenvalue weighted by Gasteiger charge is -2.31. The van der Waals surface area contributed by atoms with Gasteiger partial charge >= 0.3 is 0 Å². The largest absolute Gasteiger partial charge is 0.491 e. The Hall–Kier alpha value is -1.59. The molecule has 21 heavy (non-hydrogen) atoms. The Bertz CT molecular complexity index is 459. The molecule has 5 nitrogen and oxygen atoms in total. The van der Waals surface area contributed by atoms with Gasteiger partial charge in [0.25, 0.3) is 0 Å². The summed E-state index contributed by atoms with van der Waals surface area (Å²) < 4.78 is 11.5. The molecule has 0 bridgehead atoms. The summed E-state index contributed by atoms with van der Waals surface area (Å²) in [6.45, 7) is 8.31. The van der Waals surface area contributed by atoms with E-state index in [4.69, 9.17) is 14.7 Å². The Morgan fingerprint density at radius 3 is 2.86 bits per heavy atom. The number of likely N-dealkylation sites (N-methyl/N-ethyl adjacent to an activating group) is 1. The van der Waals surface area contributed by atoms with E-state index in [0.29, 0.717) is 18.7 Å². The summed E-state index contributed by atoms with van der Waals surface area (Å²) in [6, 6.07) is 7.87. The van der Waals surface area contributed by atoms with Crippen LogP contribution in [0.1, 0.15) is 19.4 Å². The molecule has 1 saturated heterocycles. The van der Waals surface area contributed by atoms with Gasteiger partial charge in [-0.2, -0.15) is 0 Å². The third-order valence-corrected chi connectivity index (χ3v) is 3.66. The molecule has 0 radical (unpaired) electrons. The van der Waals surface area contributed by atoms with E-state index in [1.165, 1.54) is 0 Å². The highest BCUT2D eigenvalue weighted by atomic mass is 16.5. The van der Waals surface area contributed by atoms with Crippen LogP contribution < -0.4 is 4.74 Å². The van der Waals surface area contributed by atoms with Crippen LogP contribution in [-0.2, 0) is 11.2 Å². The van der Waals surface area contributed by atoms with E-state index < -0.39 is 0 Å². The van der Waals surface area contributed by atoms with Crippen molar-refractivity contribution in [2.75, 3.05) is 32.8 Å². The Balaban J connectivity index is 1.80. The molecule has 1 fully saturated rings. The fourth-order valence-electron chi connectivity index (χ4n) is 2.39. The Labute approximate surface area is 126 Å². The number of ether oxygens (including phenoxy) is 2. The van der Waals surface area contributed by atoms with Crippen LogP contribution in [0, 0.1) is 0 Å². The first-order valence-electron chi connectivity index (χ1n) is 7.44. The monoisotopic (exact) mass is 292 g/mol. The van der Waals surface area contributed by atoms with Crippen molar-refractivity contribution in [2.24, 2.45) is 5.16 Å². The average Bonchev–Trinajstić information content (AvgIpc) is 2.54. The van der Waals surface area contributed by atoms with Crippen LogP contribution in [0.25, 0.3) is 0 Å². The molecule has 0 aliphatic carbocycles. The lowest BCUT2D eigenvalue weighted by atomic mass is 10.1. The number of rotatable bonds is 6. The fourth-order valence-corrected chi connectivity index (χ4v) is 2.39.